The van der Waals surface area contributed by atoms with Crippen LogP contribution in [0.15, 0.2) is 77.4 Å². The van der Waals surface area contributed by atoms with E-state index in [1.165, 1.54) is 24.1 Å². The zero-order valence-corrected chi connectivity index (χ0v) is 12.5. The van der Waals surface area contributed by atoms with E-state index in [1.807, 2.05) is 12.1 Å². The molecule has 1 atom stereocenters. The number of nitrogens with zero attached hydrogens (tertiary/aromatic N) is 1. The maximum atomic E-state index is 5.54. The van der Waals surface area contributed by atoms with Crippen molar-refractivity contribution in [3.05, 3.63) is 78.6 Å². The van der Waals surface area contributed by atoms with Gasteiger partial charge in [0.2, 0.25) is 0 Å². The number of para-hydroxylation sites is 1. The van der Waals surface area contributed by atoms with Gasteiger partial charge in [0.15, 0.2) is 0 Å². The Balaban J connectivity index is 1.68. The van der Waals surface area contributed by atoms with Crippen LogP contribution in [-0.4, -0.2) is 6.54 Å². The molecule has 2 aromatic carbocycles. The highest BCUT2D eigenvalue weighted by atomic mass is 16.3. The lowest BCUT2D eigenvalue weighted by atomic mass is 10.0. The second-order valence-electron chi connectivity index (χ2n) is 5.79. The van der Waals surface area contributed by atoms with Gasteiger partial charge in [-0.1, -0.05) is 36.4 Å². The summed E-state index contributed by atoms with van der Waals surface area (Å²) in [5.41, 5.74) is 3.84. The van der Waals surface area contributed by atoms with Gasteiger partial charge in [0.05, 0.1) is 12.3 Å². The van der Waals surface area contributed by atoms with Crippen molar-refractivity contribution in [1.29, 1.82) is 0 Å². The van der Waals surface area contributed by atoms with Gasteiger partial charge in [-0.2, -0.15) is 0 Å². The SMILES string of the molecule is c1ccc(N2CCCC2c2cccc(-c3ccco3)c2)cc1. The molecule has 0 radical (unpaired) electrons. The predicted molar refractivity (Wildman–Crippen MR) is 89.9 cm³/mol. The largest absolute Gasteiger partial charge is 0.464 e. The lowest BCUT2D eigenvalue weighted by Gasteiger charge is -2.27. The lowest BCUT2D eigenvalue weighted by molar-refractivity contribution is 0.582. The first-order chi connectivity index (χ1) is 10.9. The van der Waals surface area contributed by atoms with Gasteiger partial charge in [-0.25, -0.2) is 0 Å². The quantitative estimate of drug-likeness (QED) is 0.651. The van der Waals surface area contributed by atoms with Crippen molar-refractivity contribution in [3.63, 3.8) is 0 Å². The number of hydrogen-bond donors (Lipinski definition) is 0. The Morgan fingerprint density at radius 3 is 2.64 bits per heavy atom. The molecule has 4 rings (SSSR count). The summed E-state index contributed by atoms with van der Waals surface area (Å²) in [5, 5.41) is 0. The van der Waals surface area contributed by atoms with E-state index < -0.39 is 0 Å². The maximum absolute atomic E-state index is 5.54. The summed E-state index contributed by atoms with van der Waals surface area (Å²) in [4.78, 5) is 2.52. The number of furan rings is 1. The molecule has 0 spiro atoms. The van der Waals surface area contributed by atoms with Crippen LogP contribution in [0.2, 0.25) is 0 Å². The van der Waals surface area contributed by atoms with Crippen LogP contribution in [-0.2, 0) is 0 Å². The molecule has 0 amide bonds. The van der Waals surface area contributed by atoms with Crippen molar-refractivity contribution in [2.45, 2.75) is 18.9 Å². The van der Waals surface area contributed by atoms with Crippen LogP contribution in [0.25, 0.3) is 11.3 Å². The van der Waals surface area contributed by atoms with E-state index in [-0.39, 0.29) is 0 Å². The summed E-state index contributed by atoms with van der Waals surface area (Å²) in [6, 6.07) is 23.9. The molecule has 2 nitrogen and oxygen atoms in total. The molecule has 0 saturated carbocycles. The van der Waals surface area contributed by atoms with E-state index in [0.717, 1.165) is 17.9 Å². The van der Waals surface area contributed by atoms with Crippen LogP contribution in [0.4, 0.5) is 5.69 Å². The predicted octanol–water partition coefficient (Wildman–Crippen LogP) is 5.29. The van der Waals surface area contributed by atoms with Crippen LogP contribution in [0.1, 0.15) is 24.4 Å². The van der Waals surface area contributed by atoms with E-state index >= 15 is 0 Å². The molecule has 2 heterocycles. The molecular weight excluding hydrogens is 270 g/mol. The van der Waals surface area contributed by atoms with E-state index in [2.05, 4.69) is 59.5 Å². The molecule has 1 unspecified atom stereocenters. The van der Waals surface area contributed by atoms with E-state index in [4.69, 9.17) is 4.42 Å². The first-order valence-corrected chi connectivity index (χ1v) is 7.87. The summed E-state index contributed by atoms with van der Waals surface area (Å²) in [6.45, 7) is 1.12. The Kier molecular flexibility index (Phi) is 3.43. The summed E-state index contributed by atoms with van der Waals surface area (Å²) in [6.07, 6.45) is 4.18. The molecule has 1 aliphatic rings. The van der Waals surface area contributed by atoms with Crippen molar-refractivity contribution in [2.75, 3.05) is 11.4 Å². The average Bonchev–Trinajstić information content (AvgIpc) is 3.27. The molecule has 3 aromatic rings. The summed E-state index contributed by atoms with van der Waals surface area (Å²) < 4.78 is 5.54. The molecule has 1 saturated heterocycles. The lowest BCUT2D eigenvalue weighted by Crippen LogP contribution is -2.22. The van der Waals surface area contributed by atoms with Gasteiger partial charge >= 0.3 is 0 Å². The van der Waals surface area contributed by atoms with E-state index in [9.17, 15) is 0 Å². The van der Waals surface area contributed by atoms with Gasteiger partial charge in [0.25, 0.3) is 0 Å². The standard InChI is InChI=1S/C20H19NO/c1-2-9-18(10-3-1)21-13-5-11-19(21)16-7-4-8-17(15-16)20-12-6-14-22-20/h1-4,6-10,12,14-15,19H,5,11,13H2. The Morgan fingerprint density at radius 1 is 0.909 bits per heavy atom. The Morgan fingerprint density at radius 2 is 1.82 bits per heavy atom. The number of benzene rings is 2. The third kappa shape index (κ3) is 2.41. The number of rotatable bonds is 3. The second-order valence-corrected chi connectivity index (χ2v) is 5.79. The van der Waals surface area contributed by atoms with E-state index in [1.54, 1.807) is 6.26 Å². The van der Waals surface area contributed by atoms with E-state index in [0.29, 0.717) is 6.04 Å². The minimum atomic E-state index is 0.456. The van der Waals surface area contributed by atoms with Gasteiger partial charge in [-0.3, -0.25) is 0 Å². The molecule has 1 aliphatic heterocycles. The number of hydrogen-bond acceptors (Lipinski definition) is 2. The molecule has 0 aliphatic carbocycles. The Bertz CT molecular complexity index is 733. The Hall–Kier alpha value is -2.48. The van der Waals surface area contributed by atoms with Crippen molar-refractivity contribution in [1.82, 2.24) is 0 Å². The van der Waals surface area contributed by atoms with Crippen molar-refractivity contribution < 1.29 is 4.42 Å². The molecule has 22 heavy (non-hydrogen) atoms. The first-order valence-electron chi connectivity index (χ1n) is 7.87. The molecule has 0 bridgehead atoms. The van der Waals surface area contributed by atoms with Crippen LogP contribution in [0.3, 0.4) is 0 Å². The summed E-state index contributed by atoms with van der Waals surface area (Å²) in [5.74, 6) is 0.936. The zero-order valence-electron chi connectivity index (χ0n) is 12.5. The van der Waals surface area contributed by atoms with Crippen LogP contribution in [0, 0.1) is 0 Å². The minimum absolute atomic E-state index is 0.456. The highest BCUT2D eigenvalue weighted by Crippen LogP contribution is 2.37. The van der Waals surface area contributed by atoms with Crippen molar-refractivity contribution >= 4 is 5.69 Å². The fourth-order valence-electron chi connectivity index (χ4n) is 3.38. The van der Waals surface area contributed by atoms with Crippen LogP contribution < -0.4 is 4.90 Å². The normalized spacial score (nSPS) is 17.8. The third-order valence-corrected chi connectivity index (χ3v) is 4.42. The number of anilines is 1. The zero-order chi connectivity index (χ0) is 14.8. The van der Waals surface area contributed by atoms with Crippen molar-refractivity contribution in [2.24, 2.45) is 0 Å². The van der Waals surface area contributed by atoms with Crippen molar-refractivity contribution in [3.8, 4) is 11.3 Å². The minimum Gasteiger partial charge on any atom is -0.464 e. The second kappa shape index (κ2) is 5.72. The van der Waals surface area contributed by atoms with Crippen LogP contribution >= 0.6 is 0 Å². The highest BCUT2D eigenvalue weighted by molar-refractivity contribution is 5.59. The molecule has 1 fully saturated rings. The molecule has 110 valence electrons. The van der Waals surface area contributed by atoms with Gasteiger partial charge in [0.1, 0.15) is 5.76 Å². The van der Waals surface area contributed by atoms with Gasteiger partial charge < -0.3 is 9.32 Å². The maximum Gasteiger partial charge on any atom is 0.133 e. The van der Waals surface area contributed by atoms with Gasteiger partial charge in [-0.05, 0) is 48.7 Å². The molecule has 1 aromatic heterocycles. The third-order valence-electron chi connectivity index (χ3n) is 4.42. The molecule has 0 N–H and O–H groups in total. The average molecular weight is 289 g/mol. The highest BCUT2D eigenvalue weighted by Gasteiger charge is 2.26. The summed E-state index contributed by atoms with van der Waals surface area (Å²) >= 11 is 0. The van der Waals surface area contributed by atoms with Gasteiger partial charge in [0, 0.05) is 17.8 Å². The smallest absolute Gasteiger partial charge is 0.133 e. The molecule has 2 heteroatoms. The molecular formula is C20H19NO. The fourth-order valence-corrected chi connectivity index (χ4v) is 3.38. The fraction of sp³-hybridized carbons (Fsp3) is 0.200. The topological polar surface area (TPSA) is 16.4 Å². The van der Waals surface area contributed by atoms with Crippen LogP contribution in [0.5, 0.6) is 0 Å². The van der Waals surface area contributed by atoms with Gasteiger partial charge in [-0.15, -0.1) is 0 Å². The Labute approximate surface area is 131 Å². The first kappa shape index (κ1) is 13.2. The monoisotopic (exact) mass is 289 g/mol. The summed E-state index contributed by atoms with van der Waals surface area (Å²) in [7, 11) is 0.